The summed E-state index contributed by atoms with van der Waals surface area (Å²) in [6.45, 7) is 2.08. The predicted octanol–water partition coefficient (Wildman–Crippen LogP) is 5.74. The summed E-state index contributed by atoms with van der Waals surface area (Å²) in [6.07, 6.45) is 3.94. The Labute approximate surface area is 136 Å². The van der Waals surface area contributed by atoms with Crippen molar-refractivity contribution in [3.8, 4) is 6.07 Å². The van der Waals surface area contributed by atoms with Crippen molar-refractivity contribution in [3.63, 3.8) is 0 Å². The van der Waals surface area contributed by atoms with Crippen molar-refractivity contribution in [2.75, 3.05) is 0 Å². The highest BCUT2D eigenvalue weighted by Crippen LogP contribution is 2.26. The fourth-order valence-corrected chi connectivity index (χ4v) is 2.99. The van der Waals surface area contributed by atoms with Crippen molar-refractivity contribution >= 4 is 23.2 Å². The summed E-state index contributed by atoms with van der Waals surface area (Å²) in [5, 5.41) is 10.4. The van der Waals surface area contributed by atoms with Gasteiger partial charge in [0.1, 0.15) is 0 Å². The minimum absolute atomic E-state index is 0.727. The van der Waals surface area contributed by atoms with E-state index in [0.717, 1.165) is 46.9 Å². The van der Waals surface area contributed by atoms with E-state index in [1.165, 1.54) is 11.1 Å². The number of halogens is 2. The molecule has 0 aliphatic heterocycles. The van der Waals surface area contributed by atoms with Crippen LogP contribution in [0.5, 0.6) is 0 Å². The van der Waals surface area contributed by atoms with E-state index in [1.54, 1.807) is 0 Å². The second kappa shape index (κ2) is 7.50. The lowest BCUT2D eigenvalue weighted by Gasteiger charge is -2.08. The topological polar surface area (TPSA) is 23.8 Å². The molecular formula is C18H17Cl2N. The molecule has 0 N–H and O–H groups in total. The molecule has 0 bridgehead atoms. The summed E-state index contributed by atoms with van der Waals surface area (Å²) in [4.78, 5) is 0. The zero-order valence-electron chi connectivity index (χ0n) is 12.0. The smallest absolute Gasteiger partial charge is 0.0991 e. The van der Waals surface area contributed by atoms with Gasteiger partial charge in [-0.1, -0.05) is 35.3 Å². The summed E-state index contributed by atoms with van der Waals surface area (Å²) in [6, 6.07) is 13.7. The highest BCUT2D eigenvalue weighted by atomic mass is 35.5. The van der Waals surface area contributed by atoms with Crippen LogP contribution in [0, 0.1) is 18.3 Å². The summed E-state index contributed by atoms with van der Waals surface area (Å²) in [5.74, 6) is 0. The van der Waals surface area contributed by atoms with Crippen LogP contribution in [-0.4, -0.2) is 0 Å². The van der Waals surface area contributed by atoms with E-state index < -0.39 is 0 Å². The van der Waals surface area contributed by atoms with E-state index in [0.29, 0.717) is 0 Å². The monoisotopic (exact) mass is 317 g/mol. The highest BCUT2D eigenvalue weighted by Gasteiger charge is 2.06. The molecule has 0 amide bonds. The molecule has 3 heteroatoms. The molecule has 0 aliphatic rings. The summed E-state index contributed by atoms with van der Waals surface area (Å²) < 4.78 is 0. The molecule has 0 unspecified atom stereocenters. The number of unbranched alkanes of at least 4 members (excludes halogenated alkanes) is 1. The van der Waals surface area contributed by atoms with Crippen LogP contribution in [0.15, 0.2) is 36.4 Å². The summed E-state index contributed by atoms with van der Waals surface area (Å²) in [5.41, 5.74) is 4.25. The molecule has 0 heterocycles. The molecule has 108 valence electrons. The van der Waals surface area contributed by atoms with E-state index >= 15 is 0 Å². The molecule has 0 radical (unpaired) electrons. The van der Waals surface area contributed by atoms with Gasteiger partial charge in [-0.25, -0.2) is 0 Å². The van der Waals surface area contributed by atoms with Gasteiger partial charge in [-0.3, -0.25) is 0 Å². The molecule has 0 fully saturated rings. The number of hydrogen-bond donors (Lipinski definition) is 0. The third-order valence-electron chi connectivity index (χ3n) is 3.66. The van der Waals surface area contributed by atoms with Gasteiger partial charge >= 0.3 is 0 Å². The number of rotatable bonds is 5. The van der Waals surface area contributed by atoms with Gasteiger partial charge in [-0.2, -0.15) is 5.26 Å². The molecule has 0 saturated heterocycles. The highest BCUT2D eigenvalue weighted by molar-refractivity contribution is 6.35. The van der Waals surface area contributed by atoms with Gasteiger partial charge in [0.15, 0.2) is 0 Å². The van der Waals surface area contributed by atoms with Gasteiger partial charge in [0, 0.05) is 10.0 Å². The normalized spacial score (nSPS) is 10.4. The molecule has 2 aromatic carbocycles. The molecule has 21 heavy (non-hydrogen) atoms. The van der Waals surface area contributed by atoms with Crippen LogP contribution < -0.4 is 0 Å². The van der Waals surface area contributed by atoms with Crippen molar-refractivity contribution in [3.05, 3.63) is 68.7 Å². The largest absolute Gasteiger partial charge is 0.192 e. The fourth-order valence-electron chi connectivity index (χ4n) is 2.40. The lowest BCUT2D eigenvalue weighted by molar-refractivity contribution is 0.732. The Hall–Kier alpha value is -1.49. The maximum atomic E-state index is 8.95. The van der Waals surface area contributed by atoms with E-state index in [-0.39, 0.29) is 0 Å². The molecule has 2 aromatic rings. The maximum absolute atomic E-state index is 8.95. The van der Waals surface area contributed by atoms with E-state index in [9.17, 15) is 0 Å². The zero-order chi connectivity index (χ0) is 15.2. The Kier molecular flexibility index (Phi) is 5.67. The number of nitrogens with zero attached hydrogens (tertiary/aromatic N) is 1. The molecular weight excluding hydrogens is 301 g/mol. The minimum atomic E-state index is 0.727. The molecule has 0 spiro atoms. The van der Waals surface area contributed by atoms with Crippen LogP contribution in [0.4, 0.5) is 0 Å². The predicted molar refractivity (Wildman–Crippen MR) is 89.0 cm³/mol. The van der Waals surface area contributed by atoms with Crippen LogP contribution in [-0.2, 0) is 12.8 Å². The van der Waals surface area contributed by atoms with Gasteiger partial charge in [-0.05, 0) is 73.6 Å². The van der Waals surface area contributed by atoms with Crippen molar-refractivity contribution in [2.45, 2.75) is 32.6 Å². The molecule has 0 aromatic heterocycles. The third kappa shape index (κ3) is 4.24. The number of nitriles is 1. The number of aryl methyl sites for hydroxylation is 2. The van der Waals surface area contributed by atoms with E-state index in [2.05, 4.69) is 13.0 Å². The molecule has 0 atom stereocenters. The first kappa shape index (κ1) is 15.9. The van der Waals surface area contributed by atoms with Crippen molar-refractivity contribution in [2.24, 2.45) is 0 Å². The molecule has 0 aliphatic carbocycles. The first-order valence-corrected chi connectivity index (χ1v) is 7.80. The molecule has 0 saturated carbocycles. The second-order valence-corrected chi connectivity index (χ2v) is 5.97. The van der Waals surface area contributed by atoms with Gasteiger partial charge in [0.2, 0.25) is 0 Å². The molecule has 1 nitrogen and oxygen atoms in total. The Balaban J connectivity index is 1.92. The Morgan fingerprint density at radius 2 is 1.67 bits per heavy atom. The average molecular weight is 318 g/mol. The van der Waals surface area contributed by atoms with E-state index in [4.69, 9.17) is 28.5 Å². The lowest BCUT2D eigenvalue weighted by Crippen LogP contribution is -1.94. The van der Waals surface area contributed by atoms with Gasteiger partial charge < -0.3 is 0 Å². The quantitative estimate of drug-likeness (QED) is 0.645. The van der Waals surface area contributed by atoms with Crippen LogP contribution in [0.25, 0.3) is 0 Å². The first-order chi connectivity index (χ1) is 10.1. The number of benzene rings is 2. The average Bonchev–Trinajstić information content (AvgIpc) is 2.47. The number of hydrogen-bond acceptors (Lipinski definition) is 1. The van der Waals surface area contributed by atoms with Crippen LogP contribution in [0.3, 0.4) is 0 Å². The van der Waals surface area contributed by atoms with Crippen molar-refractivity contribution in [1.82, 2.24) is 0 Å². The van der Waals surface area contributed by atoms with Gasteiger partial charge in [-0.15, -0.1) is 0 Å². The van der Waals surface area contributed by atoms with Gasteiger partial charge in [0.25, 0.3) is 0 Å². The zero-order valence-corrected chi connectivity index (χ0v) is 13.5. The first-order valence-electron chi connectivity index (χ1n) is 7.04. The molecule has 2 rings (SSSR count). The summed E-state index contributed by atoms with van der Waals surface area (Å²) in [7, 11) is 0. The standard InChI is InChI=1S/C18H17Cl2N/c1-13-9-10-14(12-21)11-15(13)5-2-3-6-16-17(19)7-4-8-18(16)20/h4,7-11H,2-3,5-6H2,1H3. The van der Waals surface area contributed by atoms with Gasteiger partial charge in [0.05, 0.1) is 11.6 Å². The van der Waals surface area contributed by atoms with Crippen molar-refractivity contribution < 1.29 is 0 Å². The Bertz CT molecular complexity index is 651. The lowest BCUT2D eigenvalue weighted by atomic mass is 9.99. The van der Waals surface area contributed by atoms with Crippen molar-refractivity contribution in [1.29, 1.82) is 5.26 Å². The van der Waals surface area contributed by atoms with Crippen LogP contribution in [0.2, 0.25) is 10.0 Å². The Morgan fingerprint density at radius 3 is 2.33 bits per heavy atom. The van der Waals surface area contributed by atoms with E-state index in [1.807, 2.05) is 36.4 Å². The second-order valence-electron chi connectivity index (χ2n) is 5.16. The fraction of sp³-hybridized carbons (Fsp3) is 0.278. The van der Waals surface area contributed by atoms with Crippen LogP contribution >= 0.6 is 23.2 Å². The maximum Gasteiger partial charge on any atom is 0.0991 e. The Morgan fingerprint density at radius 1 is 1.00 bits per heavy atom. The third-order valence-corrected chi connectivity index (χ3v) is 4.37. The summed E-state index contributed by atoms with van der Waals surface area (Å²) >= 11 is 12.3. The van der Waals surface area contributed by atoms with Crippen LogP contribution in [0.1, 0.15) is 35.1 Å². The minimum Gasteiger partial charge on any atom is -0.192 e. The SMILES string of the molecule is Cc1ccc(C#N)cc1CCCCc1c(Cl)cccc1Cl.